The fourth-order valence-electron chi connectivity index (χ4n) is 2.46. The summed E-state index contributed by atoms with van der Waals surface area (Å²) >= 11 is 0. The molecule has 6 nitrogen and oxygen atoms in total. The lowest BCUT2D eigenvalue weighted by atomic mass is 9.93. The van der Waals surface area contributed by atoms with Crippen molar-refractivity contribution in [3.05, 3.63) is 28.3 Å². The lowest BCUT2D eigenvalue weighted by Crippen LogP contribution is -2.29. The molecule has 0 radical (unpaired) electrons. The van der Waals surface area contributed by atoms with Crippen LogP contribution in [0.1, 0.15) is 25.7 Å². The van der Waals surface area contributed by atoms with E-state index in [0.717, 1.165) is 25.7 Å². The quantitative estimate of drug-likeness (QED) is 0.497. The van der Waals surface area contributed by atoms with E-state index in [1.807, 2.05) is 0 Å². The van der Waals surface area contributed by atoms with E-state index in [9.17, 15) is 15.2 Å². The van der Waals surface area contributed by atoms with Gasteiger partial charge in [-0.3, -0.25) is 10.1 Å². The number of ether oxygens (including phenoxy) is 1. The first-order chi connectivity index (χ1) is 9.10. The molecule has 1 aromatic rings. The van der Waals surface area contributed by atoms with Gasteiger partial charge in [0.05, 0.1) is 17.1 Å². The minimum absolute atomic E-state index is 0.0890. The normalized spacial score (nSPS) is 23.0. The van der Waals surface area contributed by atoms with Crippen molar-refractivity contribution in [3.8, 4) is 5.75 Å². The number of nitrogens with zero attached hydrogens (tertiary/aromatic N) is 1. The van der Waals surface area contributed by atoms with Crippen LogP contribution in [-0.2, 0) is 4.74 Å². The summed E-state index contributed by atoms with van der Waals surface area (Å²) in [5.74, 6) is -0.0969. The topological polar surface area (TPSA) is 84.6 Å². The summed E-state index contributed by atoms with van der Waals surface area (Å²) in [7, 11) is 1.71. The number of nitro benzene ring substituents is 1. The molecule has 2 N–H and O–H groups in total. The Morgan fingerprint density at radius 2 is 2.05 bits per heavy atom. The second kappa shape index (κ2) is 5.88. The van der Waals surface area contributed by atoms with Gasteiger partial charge in [-0.15, -0.1) is 0 Å². The molecular formula is C13H18N2O4. The maximum absolute atomic E-state index is 10.9. The lowest BCUT2D eigenvalue weighted by Gasteiger charge is -2.28. The van der Waals surface area contributed by atoms with Gasteiger partial charge in [0, 0.05) is 13.2 Å². The SMILES string of the molecule is COC1CCC(Nc2ccc(O)cc2[N+](=O)[O-])CC1. The van der Waals surface area contributed by atoms with Crippen molar-refractivity contribution in [3.63, 3.8) is 0 Å². The second-order valence-corrected chi connectivity index (χ2v) is 4.81. The van der Waals surface area contributed by atoms with Crippen molar-refractivity contribution >= 4 is 11.4 Å². The molecule has 6 heteroatoms. The monoisotopic (exact) mass is 266 g/mol. The van der Waals surface area contributed by atoms with Gasteiger partial charge in [0.2, 0.25) is 0 Å². The van der Waals surface area contributed by atoms with Crippen molar-refractivity contribution in [1.29, 1.82) is 0 Å². The number of nitro groups is 1. The van der Waals surface area contributed by atoms with Gasteiger partial charge < -0.3 is 15.2 Å². The third-order valence-electron chi connectivity index (χ3n) is 3.55. The van der Waals surface area contributed by atoms with E-state index >= 15 is 0 Å². The summed E-state index contributed by atoms with van der Waals surface area (Å²) in [4.78, 5) is 10.5. The number of rotatable bonds is 4. The van der Waals surface area contributed by atoms with Crippen LogP contribution in [0.4, 0.5) is 11.4 Å². The minimum atomic E-state index is -0.483. The van der Waals surface area contributed by atoms with E-state index in [1.165, 1.54) is 12.1 Å². The first-order valence-corrected chi connectivity index (χ1v) is 6.37. The van der Waals surface area contributed by atoms with Crippen molar-refractivity contribution < 1.29 is 14.8 Å². The zero-order valence-corrected chi connectivity index (χ0v) is 10.8. The maximum Gasteiger partial charge on any atom is 0.296 e. The molecule has 0 unspecified atom stereocenters. The lowest BCUT2D eigenvalue weighted by molar-refractivity contribution is -0.384. The average Bonchev–Trinajstić information content (AvgIpc) is 2.41. The maximum atomic E-state index is 10.9. The Hall–Kier alpha value is -1.82. The molecule has 1 aliphatic rings. The zero-order chi connectivity index (χ0) is 13.8. The van der Waals surface area contributed by atoms with Crippen LogP contribution in [0.15, 0.2) is 18.2 Å². The number of phenols is 1. The number of methoxy groups -OCH3 is 1. The molecular weight excluding hydrogens is 248 g/mol. The third-order valence-corrected chi connectivity index (χ3v) is 3.55. The molecule has 0 atom stereocenters. The Morgan fingerprint density at radius 3 is 2.63 bits per heavy atom. The van der Waals surface area contributed by atoms with E-state index < -0.39 is 4.92 Å². The molecule has 104 valence electrons. The Kier molecular flexibility index (Phi) is 4.21. The predicted molar refractivity (Wildman–Crippen MR) is 71.4 cm³/mol. The van der Waals surface area contributed by atoms with Gasteiger partial charge in [0.15, 0.2) is 0 Å². The largest absolute Gasteiger partial charge is 0.508 e. The molecule has 0 saturated heterocycles. The van der Waals surface area contributed by atoms with Crippen LogP contribution >= 0.6 is 0 Å². The molecule has 0 aliphatic heterocycles. The Morgan fingerprint density at radius 1 is 1.37 bits per heavy atom. The summed E-state index contributed by atoms with van der Waals surface area (Å²) < 4.78 is 5.30. The molecule has 1 aliphatic carbocycles. The van der Waals surface area contributed by atoms with Crippen molar-refractivity contribution in [2.45, 2.75) is 37.8 Å². The van der Waals surface area contributed by atoms with Gasteiger partial charge >= 0.3 is 0 Å². The summed E-state index contributed by atoms with van der Waals surface area (Å²) in [6, 6.07) is 4.39. The number of nitrogens with one attached hydrogen (secondary N) is 1. The number of aromatic hydroxyl groups is 1. The summed E-state index contributed by atoms with van der Waals surface area (Å²) in [5.41, 5.74) is 0.373. The third kappa shape index (κ3) is 3.35. The molecule has 19 heavy (non-hydrogen) atoms. The van der Waals surface area contributed by atoms with Crippen LogP contribution in [-0.4, -0.2) is 29.3 Å². The van der Waals surface area contributed by atoms with Crippen LogP contribution < -0.4 is 5.32 Å². The predicted octanol–water partition coefficient (Wildman–Crippen LogP) is 2.67. The van der Waals surface area contributed by atoms with Crippen molar-refractivity contribution in [2.75, 3.05) is 12.4 Å². The van der Waals surface area contributed by atoms with Gasteiger partial charge in [-0.25, -0.2) is 0 Å². The van der Waals surface area contributed by atoms with E-state index in [4.69, 9.17) is 4.74 Å². The molecule has 0 aromatic heterocycles. The van der Waals surface area contributed by atoms with Gasteiger partial charge in [-0.2, -0.15) is 0 Å². The highest BCUT2D eigenvalue weighted by Crippen LogP contribution is 2.31. The molecule has 0 bridgehead atoms. The van der Waals surface area contributed by atoms with E-state index in [-0.39, 0.29) is 17.5 Å². The Balaban J connectivity index is 2.05. The number of hydrogen-bond donors (Lipinski definition) is 2. The first kappa shape index (κ1) is 13.6. The van der Waals surface area contributed by atoms with Gasteiger partial charge in [-0.05, 0) is 37.8 Å². The molecule has 1 saturated carbocycles. The number of benzene rings is 1. The van der Waals surface area contributed by atoms with Gasteiger partial charge in [0.1, 0.15) is 11.4 Å². The smallest absolute Gasteiger partial charge is 0.296 e. The minimum Gasteiger partial charge on any atom is -0.508 e. The molecule has 0 heterocycles. The summed E-state index contributed by atoms with van der Waals surface area (Å²) in [5, 5.41) is 23.5. The zero-order valence-electron chi connectivity index (χ0n) is 10.8. The second-order valence-electron chi connectivity index (χ2n) is 4.81. The van der Waals surface area contributed by atoms with Gasteiger partial charge in [0.25, 0.3) is 5.69 Å². The highest BCUT2D eigenvalue weighted by molar-refractivity contribution is 5.64. The van der Waals surface area contributed by atoms with Crippen LogP contribution in [0.25, 0.3) is 0 Å². The Bertz CT molecular complexity index is 456. The number of phenolic OH excluding ortho intramolecular Hbond substituents is 1. The standard InChI is InChI=1S/C13H18N2O4/c1-19-11-5-2-9(3-6-11)14-12-7-4-10(16)8-13(12)15(17)18/h4,7-9,11,14,16H,2-3,5-6H2,1H3. The first-order valence-electron chi connectivity index (χ1n) is 6.37. The summed E-state index contributed by atoms with van der Waals surface area (Å²) in [6.45, 7) is 0. The average molecular weight is 266 g/mol. The van der Waals surface area contributed by atoms with Crippen molar-refractivity contribution in [2.24, 2.45) is 0 Å². The number of anilines is 1. The fourth-order valence-corrected chi connectivity index (χ4v) is 2.46. The van der Waals surface area contributed by atoms with Crippen LogP contribution in [0, 0.1) is 10.1 Å². The highest BCUT2D eigenvalue weighted by atomic mass is 16.6. The molecule has 0 amide bonds. The van der Waals surface area contributed by atoms with E-state index in [1.54, 1.807) is 13.2 Å². The van der Waals surface area contributed by atoms with Crippen LogP contribution in [0.2, 0.25) is 0 Å². The molecule has 0 spiro atoms. The van der Waals surface area contributed by atoms with Crippen LogP contribution in [0.3, 0.4) is 0 Å². The summed E-state index contributed by atoms with van der Waals surface area (Å²) in [6.07, 6.45) is 4.07. The highest BCUT2D eigenvalue weighted by Gasteiger charge is 2.23. The molecule has 1 aromatic carbocycles. The van der Waals surface area contributed by atoms with Gasteiger partial charge in [-0.1, -0.05) is 0 Å². The molecule has 1 fully saturated rings. The van der Waals surface area contributed by atoms with E-state index in [0.29, 0.717) is 11.8 Å². The van der Waals surface area contributed by atoms with Crippen molar-refractivity contribution in [1.82, 2.24) is 0 Å². The number of hydrogen-bond acceptors (Lipinski definition) is 5. The van der Waals surface area contributed by atoms with Crippen LogP contribution in [0.5, 0.6) is 5.75 Å². The Labute approximate surface area is 111 Å². The molecule has 2 rings (SSSR count). The van der Waals surface area contributed by atoms with E-state index in [2.05, 4.69) is 5.32 Å². The fraction of sp³-hybridized carbons (Fsp3) is 0.538.